The first-order chi connectivity index (χ1) is 12.5. The molecule has 26 heavy (non-hydrogen) atoms. The Morgan fingerprint density at radius 2 is 2.12 bits per heavy atom. The summed E-state index contributed by atoms with van der Waals surface area (Å²) in [6, 6.07) is 3.76. The summed E-state index contributed by atoms with van der Waals surface area (Å²) < 4.78 is 7.88. The van der Waals surface area contributed by atoms with E-state index in [1.54, 1.807) is 0 Å². The number of aryl methyl sites for hydroxylation is 2. The fourth-order valence-electron chi connectivity index (χ4n) is 2.63. The molecule has 1 N–H and O–H groups in total. The fraction of sp³-hybridized carbons (Fsp3) is 0.412. The van der Waals surface area contributed by atoms with Gasteiger partial charge >= 0.3 is 0 Å². The summed E-state index contributed by atoms with van der Waals surface area (Å²) in [5.41, 5.74) is 2.51. The van der Waals surface area contributed by atoms with E-state index in [1.165, 1.54) is 23.1 Å². The van der Waals surface area contributed by atoms with Crippen LogP contribution in [0.4, 0.5) is 5.13 Å². The van der Waals surface area contributed by atoms with Crippen LogP contribution in [-0.2, 0) is 0 Å². The molecular formula is C17H21N5O2S2. The Balaban J connectivity index is 1.69. The normalized spacial score (nSPS) is 11.1. The van der Waals surface area contributed by atoms with Crippen LogP contribution in [0.15, 0.2) is 21.0 Å². The van der Waals surface area contributed by atoms with Crippen molar-refractivity contribution in [3.05, 3.63) is 34.8 Å². The third-order valence-electron chi connectivity index (χ3n) is 3.84. The fourth-order valence-corrected chi connectivity index (χ4v) is 4.29. The summed E-state index contributed by atoms with van der Waals surface area (Å²) in [5, 5.41) is 16.2. The number of carbonyl (C=O) groups is 1. The van der Waals surface area contributed by atoms with Gasteiger partial charge in [0, 0.05) is 29.6 Å². The lowest BCUT2D eigenvalue weighted by atomic mass is 10.2. The van der Waals surface area contributed by atoms with Gasteiger partial charge in [0.05, 0.1) is 5.75 Å². The first-order valence-electron chi connectivity index (χ1n) is 8.35. The van der Waals surface area contributed by atoms with Gasteiger partial charge in [-0.25, -0.2) is 0 Å². The SMILES string of the molecule is CCCNc1nnc(SCC(=O)c2cc(C)n(-c3cc(C)on3)c2C)s1. The molecule has 0 amide bonds. The second-order valence-corrected chi connectivity index (χ2v) is 8.13. The molecule has 0 aliphatic carbocycles. The molecule has 3 aromatic heterocycles. The van der Waals surface area contributed by atoms with Crippen molar-refractivity contribution in [2.75, 3.05) is 17.6 Å². The molecule has 7 nitrogen and oxygen atoms in total. The first-order valence-corrected chi connectivity index (χ1v) is 10.2. The van der Waals surface area contributed by atoms with E-state index in [9.17, 15) is 4.79 Å². The Kier molecular flexibility index (Phi) is 5.77. The Hall–Kier alpha value is -2.13. The number of anilines is 1. The minimum Gasteiger partial charge on any atom is -0.360 e. The highest BCUT2D eigenvalue weighted by Gasteiger charge is 2.19. The topological polar surface area (TPSA) is 85.8 Å². The zero-order valence-corrected chi connectivity index (χ0v) is 16.8. The van der Waals surface area contributed by atoms with Gasteiger partial charge in [-0.1, -0.05) is 35.2 Å². The lowest BCUT2D eigenvalue weighted by Crippen LogP contribution is -2.05. The average molecular weight is 392 g/mol. The van der Waals surface area contributed by atoms with Crippen LogP contribution in [0.1, 0.15) is 40.9 Å². The highest BCUT2D eigenvalue weighted by Crippen LogP contribution is 2.27. The summed E-state index contributed by atoms with van der Waals surface area (Å²) >= 11 is 2.89. The average Bonchev–Trinajstić information content (AvgIpc) is 3.30. The first kappa shape index (κ1) is 18.7. The molecule has 0 saturated carbocycles. The minimum absolute atomic E-state index is 0.0628. The number of thioether (sulfide) groups is 1. The Morgan fingerprint density at radius 3 is 2.81 bits per heavy atom. The molecule has 3 aromatic rings. The predicted molar refractivity (Wildman–Crippen MR) is 104 cm³/mol. The van der Waals surface area contributed by atoms with Gasteiger partial charge in [0.1, 0.15) is 5.76 Å². The quantitative estimate of drug-likeness (QED) is 0.458. The van der Waals surface area contributed by atoms with E-state index in [0.29, 0.717) is 17.1 Å². The van der Waals surface area contributed by atoms with Gasteiger partial charge in [0.25, 0.3) is 0 Å². The van der Waals surface area contributed by atoms with Crippen molar-refractivity contribution >= 4 is 34.0 Å². The molecule has 138 valence electrons. The van der Waals surface area contributed by atoms with Crippen molar-refractivity contribution in [3.8, 4) is 5.82 Å². The van der Waals surface area contributed by atoms with E-state index in [1.807, 2.05) is 37.5 Å². The van der Waals surface area contributed by atoms with Gasteiger partial charge in [-0.15, -0.1) is 10.2 Å². The van der Waals surface area contributed by atoms with Gasteiger partial charge in [-0.3, -0.25) is 9.36 Å². The molecule has 0 unspecified atom stereocenters. The number of hydrogen-bond donors (Lipinski definition) is 1. The third-order valence-corrected chi connectivity index (χ3v) is 5.85. The Morgan fingerprint density at radius 1 is 1.31 bits per heavy atom. The van der Waals surface area contributed by atoms with Gasteiger partial charge in [-0.2, -0.15) is 0 Å². The van der Waals surface area contributed by atoms with E-state index < -0.39 is 0 Å². The molecular weight excluding hydrogens is 370 g/mol. The van der Waals surface area contributed by atoms with Gasteiger partial charge in [-0.05, 0) is 33.3 Å². The zero-order valence-electron chi connectivity index (χ0n) is 15.2. The van der Waals surface area contributed by atoms with Crippen molar-refractivity contribution in [2.45, 2.75) is 38.5 Å². The molecule has 0 aromatic carbocycles. The van der Waals surface area contributed by atoms with Crippen molar-refractivity contribution in [1.82, 2.24) is 19.9 Å². The molecule has 0 aliphatic rings. The summed E-state index contributed by atoms with van der Waals surface area (Å²) in [6.07, 6.45) is 1.03. The lowest BCUT2D eigenvalue weighted by molar-refractivity contribution is 0.102. The van der Waals surface area contributed by atoms with Gasteiger partial charge in [0.15, 0.2) is 15.9 Å². The number of hydrogen-bond acceptors (Lipinski definition) is 8. The van der Waals surface area contributed by atoms with Crippen LogP contribution in [0.2, 0.25) is 0 Å². The highest BCUT2D eigenvalue weighted by atomic mass is 32.2. The van der Waals surface area contributed by atoms with Crippen molar-refractivity contribution in [2.24, 2.45) is 0 Å². The summed E-state index contributed by atoms with van der Waals surface area (Å²) in [4.78, 5) is 12.7. The molecule has 3 rings (SSSR count). The van der Waals surface area contributed by atoms with Crippen molar-refractivity contribution in [3.63, 3.8) is 0 Å². The van der Waals surface area contributed by atoms with Gasteiger partial charge in [0.2, 0.25) is 5.13 Å². The van der Waals surface area contributed by atoms with E-state index in [-0.39, 0.29) is 5.78 Å². The third kappa shape index (κ3) is 3.99. The molecule has 0 bridgehead atoms. The molecule has 0 fully saturated rings. The maximum absolute atomic E-state index is 12.7. The molecule has 0 radical (unpaired) electrons. The number of ketones is 1. The van der Waals surface area contributed by atoms with Crippen LogP contribution in [0, 0.1) is 20.8 Å². The number of nitrogens with zero attached hydrogens (tertiary/aromatic N) is 4. The smallest absolute Gasteiger partial charge is 0.206 e. The largest absolute Gasteiger partial charge is 0.360 e. The summed E-state index contributed by atoms with van der Waals surface area (Å²) in [7, 11) is 0. The lowest BCUT2D eigenvalue weighted by Gasteiger charge is -2.04. The molecule has 0 aliphatic heterocycles. The molecule has 3 heterocycles. The number of aromatic nitrogens is 4. The molecule has 0 spiro atoms. The van der Waals surface area contributed by atoms with E-state index >= 15 is 0 Å². The Labute approximate surface area is 160 Å². The maximum atomic E-state index is 12.7. The number of carbonyl (C=O) groups excluding carboxylic acids is 1. The monoisotopic (exact) mass is 391 g/mol. The Bertz CT molecular complexity index is 912. The number of nitrogens with one attached hydrogen (secondary N) is 1. The second-order valence-electron chi connectivity index (χ2n) is 5.93. The minimum atomic E-state index is 0.0628. The second kappa shape index (κ2) is 8.05. The van der Waals surface area contributed by atoms with Crippen LogP contribution in [0.3, 0.4) is 0 Å². The van der Waals surface area contributed by atoms with Crippen LogP contribution in [0.5, 0.6) is 0 Å². The molecule has 0 saturated heterocycles. The van der Waals surface area contributed by atoms with E-state index in [2.05, 4.69) is 27.6 Å². The standard InChI is InChI=1S/C17H21N5O2S2/c1-5-6-18-16-19-20-17(26-16)25-9-14(23)13-7-10(2)22(12(13)4)15-8-11(3)24-21-15/h7-8H,5-6,9H2,1-4H3,(H,18,19). The predicted octanol–water partition coefficient (Wildman–Crippen LogP) is 4.04. The van der Waals surface area contributed by atoms with Crippen LogP contribution >= 0.6 is 23.1 Å². The summed E-state index contributed by atoms with van der Waals surface area (Å²) in [5.74, 6) is 1.82. The number of Topliss-reactive ketones (excluding diaryl/α,β-unsaturated/α-hetero) is 1. The van der Waals surface area contributed by atoms with E-state index in [0.717, 1.165) is 39.6 Å². The maximum Gasteiger partial charge on any atom is 0.206 e. The van der Waals surface area contributed by atoms with Gasteiger partial charge < -0.3 is 9.84 Å². The highest BCUT2D eigenvalue weighted by molar-refractivity contribution is 8.01. The van der Waals surface area contributed by atoms with Crippen molar-refractivity contribution in [1.29, 1.82) is 0 Å². The van der Waals surface area contributed by atoms with Crippen LogP contribution in [0.25, 0.3) is 5.82 Å². The zero-order chi connectivity index (χ0) is 18.7. The van der Waals surface area contributed by atoms with E-state index in [4.69, 9.17) is 4.52 Å². The molecule has 0 atom stereocenters. The number of rotatable bonds is 8. The summed E-state index contributed by atoms with van der Waals surface area (Å²) in [6.45, 7) is 8.69. The molecule has 9 heteroatoms. The van der Waals surface area contributed by atoms with Crippen molar-refractivity contribution < 1.29 is 9.32 Å². The van der Waals surface area contributed by atoms with Crippen LogP contribution in [-0.4, -0.2) is 38.0 Å². The van der Waals surface area contributed by atoms with Crippen LogP contribution < -0.4 is 5.32 Å².